The van der Waals surface area contributed by atoms with Crippen LogP contribution in [0.1, 0.15) is 57.9 Å². The predicted molar refractivity (Wildman–Crippen MR) is 141 cm³/mol. The molecule has 0 aromatic heterocycles. The summed E-state index contributed by atoms with van der Waals surface area (Å²) in [4.78, 5) is 27.7. The number of hydrogen-bond acceptors (Lipinski definition) is 5. The molecule has 35 heavy (non-hydrogen) atoms. The molecule has 192 valence electrons. The summed E-state index contributed by atoms with van der Waals surface area (Å²) in [5.41, 5.74) is 1.17. The number of benzene rings is 1. The Morgan fingerprint density at radius 1 is 1.03 bits per heavy atom. The van der Waals surface area contributed by atoms with Gasteiger partial charge in [0.25, 0.3) is 0 Å². The number of ether oxygens (including phenoxy) is 2. The summed E-state index contributed by atoms with van der Waals surface area (Å²) in [5, 5.41) is 0. The molecule has 5 nitrogen and oxygen atoms in total. The zero-order valence-electron chi connectivity index (χ0n) is 21.8. The number of fused-ring (bicyclic) bond motifs is 5. The maximum atomic E-state index is 13.0. The Morgan fingerprint density at radius 3 is 2.40 bits per heavy atom. The largest absolute Gasteiger partial charge is 0.497 e. The second kappa shape index (κ2) is 10.2. The van der Waals surface area contributed by atoms with Gasteiger partial charge in [0, 0.05) is 18.0 Å². The zero-order valence-corrected chi connectivity index (χ0v) is 22.7. The van der Waals surface area contributed by atoms with Gasteiger partial charge in [-0.15, -0.1) is 0 Å². The Hall–Kier alpha value is -1.95. The van der Waals surface area contributed by atoms with Gasteiger partial charge in [-0.3, -0.25) is 9.59 Å². The highest BCUT2D eigenvalue weighted by Crippen LogP contribution is 2.65. The molecule has 0 saturated heterocycles. The molecule has 5 rings (SSSR count). The number of methoxy groups -OCH3 is 2. The van der Waals surface area contributed by atoms with Crippen LogP contribution in [0.25, 0.3) is 0 Å². The van der Waals surface area contributed by atoms with Crippen LogP contribution in [0.5, 0.6) is 5.75 Å². The fraction of sp³-hybridized carbons (Fsp3) is 0.655. The van der Waals surface area contributed by atoms with Crippen LogP contribution in [-0.2, 0) is 20.9 Å². The van der Waals surface area contributed by atoms with Gasteiger partial charge < -0.3 is 14.4 Å². The number of rotatable bonds is 4. The second-order valence-electron chi connectivity index (χ2n) is 11.2. The predicted octanol–water partition coefficient (Wildman–Crippen LogP) is 5.54. The molecule has 1 aromatic carbocycles. The third-order valence-corrected chi connectivity index (χ3v) is 9.97. The van der Waals surface area contributed by atoms with Gasteiger partial charge >= 0.3 is 5.97 Å². The van der Waals surface area contributed by atoms with E-state index < -0.39 is 0 Å². The Morgan fingerprint density at radius 2 is 1.74 bits per heavy atom. The van der Waals surface area contributed by atoms with Crippen LogP contribution in [0, 0.1) is 34.5 Å². The third kappa shape index (κ3) is 4.30. The SMILES string of the molecule is COC(=O)C1CCC2C3CCC4N(Cc5ccc(OC)cc5)C(=O)C=CC4(C)C3CCC12C.CS. The van der Waals surface area contributed by atoms with Crippen molar-refractivity contribution >= 4 is 24.5 Å². The molecule has 0 N–H and O–H groups in total. The van der Waals surface area contributed by atoms with Gasteiger partial charge in [0.1, 0.15) is 5.75 Å². The highest BCUT2D eigenvalue weighted by molar-refractivity contribution is 7.79. The number of carbonyl (C=O) groups excluding carboxylic acids is 2. The van der Waals surface area contributed by atoms with Crippen molar-refractivity contribution in [2.45, 2.75) is 65.0 Å². The molecule has 7 atom stereocenters. The lowest BCUT2D eigenvalue weighted by Gasteiger charge is -2.60. The zero-order chi connectivity index (χ0) is 25.4. The van der Waals surface area contributed by atoms with E-state index in [2.05, 4.69) is 49.6 Å². The van der Waals surface area contributed by atoms with Crippen molar-refractivity contribution in [1.82, 2.24) is 4.90 Å². The van der Waals surface area contributed by atoms with Crippen LogP contribution >= 0.6 is 12.6 Å². The molecule has 1 heterocycles. The van der Waals surface area contributed by atoms with Crippen LogP contribution < -0.4 is 4.74 Å². The molecule has 6 heteroatoms. The number of esters is 1. The van der Waals surface area contributed by atoms with E-state index in [4.69, 9.17) is 9.47 Å². The number of amides is 1. The molecule has 4 aliphatic rings. The number of nitrogens with zero attached hydrogens (tertiary/aromatic N) is 1. The molecule has 0 radical (unpaired) electrons. The first-order valence-electron chi connectivity index (χ1n) is 13.0. The quantitative estimate of drug-likeness (QED) is 0.437. The molecule has 3 aliphatic carbocycles. The summed E-state index contributed by atoms with van der Waals surface area (Å²) in [6.45, 7) is 5.36. The standard InChI is InChI=1S/C28H37NO4.CH4S/c1-27-15-13-22-20(21(27)10-11-23(27)26(31)33-4)9-12-24-28(22,2)16-14-25(30)29(24)17-18-5-7-19(32-3)8-6-18;1-2/h5-8,14,16,20-24H,9-13,15,17H2,1-4H3;2H,1H3. The van der Waals surface area contributed by atoms with Crippen LogP contribution in [0.3, 0.4) is 0 Å². The molecule has 3 saturated carbocycles. The number of hydrogen-bond donors (Lipinski definition) is 1. The summed E-state index contributed by atoms with van der Waals surface area (Å²) in [6, 6.07) is 8.28. The molecule has 1 amide bonds. The van der Waals surface area contributed by atoms with Gasteiger partial charge in [-0.1, -0.05) is 32.1 Å². The molecule has 1 aliphatic heterocycles. The second-order valence-corrected chi connectivity index (χ2v) is 11.2. The molecular formula is C29H41NO4S. The Labute approximate surface area is 216 Å². The summed E-state index contributed by atoms with van der Waals surface area (Å²) < 4.78 is 10.5. The van der Waals surface area contributed by atoms with E-state index >= 15 is 0 Å². The molecule has 0 bridgehead atoms. The van der Waals surface area contributed by atoms with Gasteiger partial charge in [-0.05, 0) is 91.7 Å². The fourth-order valence-electron chi connectivity index (χ4n) is 8.24. The monoisotopic (exact) mass is 499 g/mol. The van der Waals surface area contributed by atoms with Gasteiger partial charge in [-0.25, -0.2) is 0 Å². The maximum absolute atomic E-state index is 13.0. The first-order chi connectivity index (χ1) is 16.8. The topological polar surface area (TPSA) is 55.8 Å². The van der Waals surface area contributed by atoms with Crippen LogP contribution in [0.4, 0.5) is 0 Å². The van der Waals surface area contributed by atoms with Gasteiger partial charge in [0.05, 0.1) is 20.1 Å². The molecule has 3 fully saturated rings. The Kier molecular flexibility index (Phi) is 7.61. The van der Waals surface area contributed by atoms with Crippen molar-refractivity contribution < 1.29 is 19.1 Å². The summed E-state index contributed by atoms with van der Waals surface area (Å²) >= 11 is 3.53. The highest BCUT2D eigenvalue weighted by atomic mass is 32.1. The van der Waals surface area contributed by atoms with Gasteiger partial charge in [0.15, 0.2) is 0 Å². The smallest absolute Gasteiger partial charge is 0.309 e. The highest BCUT2D eigenvalue weighted by Gasteiger charge is 2.61. The van der Waals surface area contributed by atoms with Crippen molar-refractivity contribution in [3.8, 4) is 5.75 Å². The Balaban J connectivity index is 0.00000141. The van der Waals surface area contributed by atoms with E-state index in [1.807, 2.05) is 18.2 Å². The number of carbonyl (C=O) groups is 2. The minimum absolute atomic E-state index is 0.0199. The molecule has 7 unspecified atom stereocenters. The average molecular weight is 500 g/mol. The first-order valence-corrected chi connectivity index (χ1v) is 13.9. The van der Waals surface area contributed by atoms with Crippen LogP contribution in [-0.4, -0.2) is 43.3 Å². The average Bonchev–Trinajstić information content (AvgIpc) is 3.24. The van der Waals surface area contributed by atoms with Crippen molar-refractivity contribution in [3.05, 3.63) is 42.0 Å². The minimum Gasteiger partial charge on any atom is -0.497 e. The lowest BCUT2D eigenvalue weighted by molar-refractivity contribution is -0.156. The lowest BCUT2D eigenvalue weighted by atomic mass is 9.47. The van der Waals surface area contributed by atoms with E-state index in [1.165, 1.54) is 7.11 Å². The van der Waals surface area contributed by atoms with Crippen molar-refractivity contribution in [3.63, 3.8) is 0 Å². The normalized spacial score (nSPS) is 37.4. The molecular weight excluding hydrogens is 458 g/mol. The van der Waals surface area contributed by atoms with E-state index in [-0.39, 0.29) is 34.7 Å². The first kappa shape index (κ1) is 26.1. The minimum atomic E-state index is -0.0211. The molecule has 1 aromatic rings. The van der Waals surface area contributed by atoms with E-state index in [0.717, 1.165) is 49.8 Å². The molecule has 0 spiro atoms. The third-order valence-electron chi connectivity index (χ3n) is 9.97. The van der Waals surface area contributed by atoms with E-state index in [9.17, 15) is 9.59 Å². The van der Waals surface area contributed by atoms with Crippen molar-refractivity contribution in [2.24, 2.45) is 34.5 Å². The van der Waals surface area contributed by atoms with Crippen molar-refractivity contribution in [2.75, 3.05) is 20.5 Å². The Bertz CT molecular complexity index is 962. The number of thiol groups is 1. The lowest BCUT2D eigenvalue weighted by Crippen LogP contribution is -2.60. The fourth-order valence-corrected chi connectivity index (χ4v) is 8.24. The van der Waals surface area contributed by atoms with E-state index in [1.54, 1.807) is 13.4 Å². The van der Waals surface area contributed by atoms with Gasteiger partial charge in [-0.2, -0.15) is 12.6 Å². The van der Waals surface area contributed by atoms with Gasteiger partial charge in [0.2, 0.25) is 5.91 Å². The maximum Gasteiger partial charge on any atom is 0.309 e. The summed E-state index contributed by atoms with van der Waals surface area (Å²) in [6.07, 6.45) is 12.2. The van der Waals surface area contributed by atoms with Crippen molar-refractivity contribution in [1.29, 1.82) is 0 Å². The van der Waals surface area contributed by atoms with Crippen LogP contribution in [0.2, 0.25) is 0 Å². The van der Waals surface area contributed by atoms with E-state index in [0.29, 0.717) is 24.3 Å². The van der Waals surface area contributed by atoms with Crippen LogP contribution in [0.15, 0.2) is 36.4 Å². The summed E-state index contributed by atoms with van der Waals surface area (Å²) in [7, 11) is 3.20. The summed E-state index contributed by atoms with van der Waals surface area (Å²) in [5.74, 6) is 2.70.